The summed E-state index contributed by atoms with van der Waals surface area (Å²) in [7, 11) is 0. The number of anilines is 1. The van der Waals surface area contributed by atoms with Gasteiger partial charge in [0.15, 0.2) is 0 Å². The molecule has 2 aromatic rings. The summed E-state index contributed by atoms with van der Waals surface area (Å²) in [5, 5.41) is 12.6. The lowest BCUT2D eigenvalue weighted by Gasteiger charge is -2.36. The fourth-order valence-electron chi connectivity index (χ4n) is 3.91. The molecule has 1 atom stereocenters. The second kappa shape index (κ2) is 8.89. The molecule has 2 N–H and O–H groups in total. The molecule has 4 heteroatoms. The lowest BCUT2D eigenvalue weighted by Crippen LogP contribution is -2.45. The second-order valence-corrected chi connectivity index (χ2v) is 8.84. The maximum atomic E-state index is 12.9. The molecule has 1 fully saturated rings. The van der Waals surface area contributed by atoms with Crippen LogP contribution in [-0.4, -0.2) is 42.2 Å². The Morgan fingerprint density at radius 2 is 1.89 bits per heavy atom. The molecule has 0 unspecified atom stereocenters. The molecule has 4 nitrogen and oxygen atoms in total. The summed E-state index contributed by atoms with van der Waals surface area (Å²) >= 11 is 0. The molecule has 0 aliphatic carbocycles. The number of aryl methyl sites for hydroxylation is 1. The average Bonchev–Trinajstić information content (AvgIpc) is 2.68. The van der Waals surface area contributed by atoms with Gasteiger partial charge in [-0.1, -0.05) is 55.8 Å². The van der Waals surface area contributed by atoms with Gasteiger partial charge in [0.05, 0.1) is 5.92 Å². The van der Waals surface area contributed by atoms with E-state index in [2.05, 4.69) is 61.3 Å². The van der Waals surface area contributed by atoms with Crippen LogP contribution in [0.5, 0.6) is 0 Å². The second-order valence-electron chi connectivity index (χ2n) is 8.84. The lowest BCUT2D eigenvalue weighted by atomic mass is 9.90. The van der Waals surface area contributed by atoms with E-state index in [1.807, 2.05) is 18.2 Å². The van der Waals surface area contributed by atoms with E-state index in [1.54, 1.807) is 0 Å². The zero-order valence-corrected chi connectivity index (χ0v) is 17.2. The predicted molar refractivity (Wildman–Crippen MR) is 115 cm³/mol. The van der Waals surface area contributed by atoms with Crippen molar-refractivity contribution in [1.82, 2.24) is 4.90 Å². The van der Waals surface area contributed by atoms with E-state index in [1.165, 1.54) is 5.56 Å². The van der Waals surface area contributed by atoms with Crippen LogP contribution in [0, 0.1) is 18.3 Å². The van der Waals surface area contributed by atoms with Crippen LogP contribution in [0.2, 0.25) is 0 Å². The molecule has 0 spiro atoms. The largest absolute Gasteiger partial charge is 0.396 e. The minimum atomic E-state index is -0.138. The van der Waals surface area contributed by atoms with Crippen molar-refractivity contribution < 1.29 is 9.90 Å². The average molecular weight is 381 g/mol. The number of likely N-dealkylation sites (tertiary alicyclic amines) is 1. The highest BCUT2D eigenvalue weighted by Gasteiger charge is 2.29. The number of carbonyl (C=O) groups excluding carboxylic acids is 1. The van der Waals surface area contributed by atoms with Crippen LogP contribution in [0.3, 0.4) is 0 Å². The molecule has 3 rings (SSSR count). The Kier molecular flexibility index (Phi) is 6.53. The summed E-state index contributed by atoms with van der Waals surface area (Å²) in [5.74, 6) is 0.0822. The zero-order chi connectivity index (χ0) is 20.1. The van der Waals surface area contributed by atoms with Crippen molar-refractivity contribution in [3.05, 3.63) is 54.1 Å². The topological polar surface area (TPSA) is 52.6 Å². The van der Waals surface area contributed by atoms with Gasteiger partial charge in [-0.2, -0.15) is 0 Å². The van der Waals surface area contributed by atoms with Crippen molar-refractivity contribution in [3.63, 3.8) is 0 Å². The van der Waals surface area contributed by atoms with Crippen molar-refractivity contribution in [2.24, 2.45) is 11.3 Å². The van der Waals surface area contributed by atoms with Crippen LogP contribution in [0.1, 0.15) is 32.3 Å². The molecular weight excluding hydrogens is 348 g/mol. The highest BCUT2D eigenvalue weighted by Crippen LogP contribution is 2.26. The molecule has 1 saturated heterocycles. The van der Waals surface area contributed by atoms with Crippen LogP contribution in [0.15, 0.2) is 48.5 Å². The third kappa shape index (κ3) is 5.43. The number of aliphatic hydroxyl groups is 1. The number of rotatable bonds is 6. The van der Waals surface area contributed by atoms with Gasteiger partial charge in [0.25, 0.3) is 0 Å². The predicted octanol–water partition coefficient (Wildman–Crippen LogP) is 4.33. The molecule has 0 radical (unpaired) electrons. The molecular formula is C24H32N2O2. The first kappa shape index (κ1) is 20.6. The highest BCUT2D eigenvalue weighted by atomic mass is 16.3. The van der Waals surface area contributed by atoms with E-state index in [0.717, 1.165) is 49.3 Å². The van der Waals surface area contributed by atoms with Gasteiger partial charge < -0.3 is 15.3 Å². The Balaban J connectivity index is 1.65. The summed E-state index contributed by atoms with van der Waals surface area (Å²) in [6.07, 6.45) is 1.93. The van der Waals surface area contributed by atoms with Gasteiger partial charge in [0.2, 0.25) is 5.91 Å². The van der Waals surface area contributed by atoms with Gasteiger partial charge in [0.1, 0.15) is 0 Å². The molecule has 2 aromatic carbocycles. The van der Waals surface area contributed by atoms with Crippen molar-refractivity contribution in [2.45, 2.75) is 33.6 Å². The highest BCUT2D eigenvalue weighted by molar-refractivity contribution is 5.93. The maximum absolute atomic E-state index is 12.9. The van der Waals surface area contributed by atoms with Crippen molar-refractivity contribution in [2.75, 3.05) is 31.6 Å². The fourth-order valence-corrected chi connectivity index (χ4v) is 3.91. The van der Waals surface area contributed by atoms with E-state index < -0.39 is 0 Å². The Morgan fingerprint density at radius 3 is 2.61 bits per heavy atom. The molecule has 0 bridgehead atoms. The molecule has 150 valence electrons. The summed E-state index contributed by atoms with van der Waals surface area (Å²) in [6, 6.07) is 16.4. The summed E-state index contributed by atoms with van der Waals surface area (Å²) < 4.78 is 0. The number of piperidine rings is 1. The minimum absolute atomic E-state index is 0.00845. The van der Waals surface area contributed by atoms with Gasteiger partial charge in [-0.3, -0.25) is 4.79 Å². The summed E-state index contributed by atoms with van der Waals surface area (Å²) in [5.41, 5.74) is 4.19. The number of nitrogens with one attached hydrogen (secondary N) is 1. The quantitative estimate of drug-likeness (QED) is 0.784. The fraction of sp³-hybridized carbons (Fsp3) is 0.458. The molecule has 0 saturated carbocycles. The molecule has 0 aromatic heterocycles. The molecule has 1 heterocycles. The van der Waals surface area contributed by atoms with Crippen LogP contribution < -0.4 is 5.32 Å². The number of carbonyl (C=O) groups is 1. The number of hydrogen-bond acceptors (Lipinski definition) is 3. The third-order valence-electron chi connectivity index (χ3n) is 5.44. The number of hydrogen-bond donors (Lipinski definition) is 2. The van der Waals surface area contributed by atoms with Crippen LogP contribution in [-0.2, 0) is 4.79 Å². The van der Waals surface area contributed by atoms with Crippen molar-refractivity contribution in [1.29, 1.82) is 0 Å². The van der Waals surface area contributed by atoms with Gasteiger partial charge >= 0.3 is 0 Å². The molecule has 1 aliphatic rings. The molecule has 28 heavy (non-hydrogen) atoms. The number of amides is 1. The van der Waals surface area contributed by atoms with E-state index in [4.69, 9.17) is 0 Å². The summed E-state index contributed by atoms with van der Waals surface area (Å²) in [4.78, 5) is 15.2. The Hall–Kier alpha value is -2.17. The molecule has 1 amide bonds. The maximum Gasteiger partial charge on any atom is 0.228 e. The third-order valence-corrected chi connectivity index (χ3v) is 5.44. The normalized spacial score (nSPS) is 18.1. The minimum Gasteiger partial charge on any atom is -0.396 e. The van der Waals surface area contributed by atoms with E-state index in [0.29, 0.717) is 0 Å². The first-order valence-electron chi connectivity index (χ1n) is 10.2. The first-order valence-corrected chi connectivity index (χ1v) is 10.2. The Bertz CT molecular complexity index is 816. The number of aliphatic hydroxyl groups excluding tert-OH is 1. The van der Waals surface area contributed by atoms with Crippen LogP contribution in [0.25, 0.3) is 11.1 Å². The molecule has 1 aliphatic heterocycles. The van der Waals surface area contributed by atoms with Crippen LogP contribution >= 0.6 is 0 Å². The van der Waals surface area contributed by atoms with E-state index >= 15 is 0 Å². The standard InChI is InChI=1S/C24H32N2O2/c1-18-7-4-8-19(13-18)20-9-5-11-22(14-20)25-23(28)21-10-6-12-26(15-21)16-24(2,3)17-27/h4-5,7-9,11,13-14,21,27H,6,10,12,15-17H2,1-3H3,(H,25,28)/t21-/m0/s1. The van der Waals surface area contributed by atoms with Gasteiger partial charge in [-0.05, 0) is 49.6 Å². The summed E-state index contributed by atoms with van der Waals surface area (Å²) in [6.45, 7) is 8.94. The number of nitrogens with zero attached hydrogens (tertiary/aromatic N) is 1. The Labute approximate surface area is 168 Å². The number of benzene rings is 2. The van der Waals surface area contributed by atoms with Crippen LogP contribution in [0.4, 0.5) is 5.69 Å². The van der Waals surface area contributed by atoms with Gasteiger partial charge in [0, 0.05) is 30.8 Å². The zero-order valence-electron chi connectivity index (χ0n) is 17.2. The van der Waals surface area contributed by atoms with Crippen molar-refractivity contribution >= 4 is 11.6 Å². The smallest absolute Gasteiger partial charge is 0.228 e. The van der Waals surface area contributed by atoms with Crippen molar-refractivity contribution in [3.8, 4) is 11.1 Å². The van der Waals surface area contributed by atoms with E-state index in [9.17, 15) is 9.90 Å². The monoisotopic (exact) mass is 380 g/mol. The SMILES string of the molecule is Cc1cccc(-c2cccc(NC(=O)[C@H]3CCCN(CC(C)(C)CO)C3)c2)c1. The van der Waals surface area contributed by atoms with Gasteiger partial charge in [-0.15, -0.1) is 0 Å². The Morgan fingerprint density at radius 1 is 1.18 bits per heavy atom. The lowest BCUT2D eigenvalue weighted by molar-refractivity contribution is -0.121. The first-order chi connectivity index (χ1) is 13.4. The van der Waals surface area contributed by atoms with E-state index in [-0.39, 0.29) is 23.8 Å². The van der Waals surface area contributed by atoms with Gasteiger partial charge in [-0.25, -0.2) is 0 Å².